The quantitative estimate of drug-likeness (QED) is 0.208. The van der Waals surface area contributed by atoms with E-state index < -0.39 is 11.9 Å². The summed E-state index contributed by atoms with van der Waals surface area (Å²) in [6.07, 6.45) is 0.804. The first-order chi connectivity index (χ1) is 21.2. The topological polar surface area (TPSA) is 111 Å². The van der Waals surface area contributed by atoms with Crippen molar-refractivity contribution < 1.29 is 28.1 Å². The van der Waals surface area contributed by atoms with Gasteiger partial charge in [-0.2, -0.15) is 5.06 Å². The number of anilines is 1. The van der Waals surface area contributed by atoms with Crippen LogP contribution in [0.4, 0.5) is 10.3 Å². The Kier molecular flexibility index (Phi) is 11.8. The molecular formula is C31H38ClFN6O5. The van der Waals surface area contributed by atoms with Crippen LogP contribution in [0, 0.1) is 5.82 Å². The van der Waals surface area contributed by atoms with Crippen molar-refractivity contribution in [2.75, 3.05) is 37.8 Å². The molecule has 0 bridgehead atoms. The van der Waals surface area contributed by atoms with Crippen molar-refractivity contribution in [2.24, 2.45) is 0 Å². The maximum absolute atomic E-state index is 14.0. The van der Waals surface area contributed by atoms with Crippen LogP contribution in [-0.4, -0.2) is 83.1 Å². The van der Waals surface area contributed by atoms with Crippen LogP contribution >= 0.6 is 11.6 Å². The highest BCUT2D eigenvalue weighted by atomic mass is 35.5. The summed E-state index contributed by atoms with van der Waals surface area (Å²) < 4.78 is 19.4. The summed E-state index contributed by atoms with van der Waals surface area (Å²) in [6, 6.07) is 15.0. The lowest BCUT2D eigenvalue weighted by molar-refractivity contribution is -0.140. The van der Waals surface area contributed by atoms with Crippen LogP contribution in [0.1, 0.15) is 39.2 Å². The third-order valence-corrected chi connectivity index (χ3v) is 7.97. The van der Waals surface area contributed by atoms with Crippen LogP contribution in [0.25, 0.3) is 11.3 Å². The molecule has 2 aromatic carbocycles. The number of nitrogens with one attached hydrogen (secondary N) is 1. The van der Waals surface area contributed by atoms with E-state index in [1.165, 1.54) is 24.1 Å². The van der Waals surface area contributed by atoms with Gasteiger partial charge in [-0.25, -0.2) is 9.82 Å². The Balaban J connectivity index is 1.47. The highest BCUT2D eigenvalue weighted by Gasteiger charge is 2.28. The van der Waals surface area contributed by atoms with Gasteiger partial charge < -0.3 is 9.42 Å². The molecule has 1 aliphatic rings. The first-order valence-corrected chi connectivity index (χ1v) is 14.9. The monoisotopic (exact) mass is 628 g/mol. The zero-order valence-electron chi connectivity index (χ0n) is 25.1. The van der Waals surface area contributed by atoms with Crippen molar-refractivity contribution in [2.45, 2.75) is 52.2 Å². The van der Waals surface area contributed by atoms with Crippen LogP contribution in [0.3, 0.4) is 0 Å². The molecule has 0 aliphatic carbocycles. The summed E-state index contributed by atoms with van der Waals surface area (Å²) in [6.45, 7) is 8.33. The molecule has 13 heteroatoms. The third kappa shape index (κ3) is 8.63. The van der Waals surface area contributed by atoms with Crippen molar-refractivity contribution in [3.8, 4) is 11.3 Å². The Morgan fingerprint density at radius 1 is 1.14 bits per heavy atom. The van der Waals surface area contributed by atoms with Crippen molar-refractivity contribution in [1.82, 2.24) is 25.4 Å². The molecule has 1 fully saturated rings. The van der Waals surface area contributed by atoms with Crippen molar-refractivity contribution in [1.29, 1.82) is 0 Å². The standard InChI is InChI=1S/C31H38ClFN6O5/c1-22(2)36-14-16-37(17-15-36)29(42)13-12-26(39(23(3)41)34-19-25-10-7-11-27(33)31(25)32)20-43-38(21-40)30-18-28(35-44-30)24-8-5-4-6-9-24/h4-11,18,21-22,26,34H,12-17,19-20H2,1-3H3/t26-/m0/s1. The number of carbonyl (C=O) groups is 3. The number of hydrogen-bond donors (Lipinski definition) is 1. The average molecular weight is 629 g/mol. The minimum absolute atomic E-state index is 0.0370. The molecule has 44 heavy (non-hydrogen) atoms. The fourth-order valence-corrected chi connectivity index (χ4v) is 5.20. The minimum atomic E-state index is -0.695. The number of amides is 3. The highest BCUT2D eigenvalue weighted by Crippen LogP contribution is 2.24. The second-order valence-electron chi connectivity index (χ2n) is 10.8. The van der Waals surface area contributed by atoms with Crippen LogP contribution in [0.5, 0.6) is 0 Å². The molecule has 0 radical (unpaired) electrons. The molecule has 3 amide bonds. The lowest BCUT2D eigenvalue weighted by Gasteiger charge is -2.37. The lowest BCUT2D eigenvalue weighted by atomic mass is 10.1. The Morgan fingerprint density at radius 3 is 2.52 bits per heavy atom. The van der Waals surface area contributed by atoms with Gasteiger partial charge in [-0.3, -0.25) is 29.1 Å². The number of piperazine rings is 1. The van der Waals surface area contributed by atoms with E-state index in [9.17, 15) is 18.8 Å². The van der Waals surface area contributed by atoms with Crippen LogP contribution in [0.2, 0.25) is 5.02 Å². The van der Waals surface area contributed by atoms with E-state index in [1.54, 1.807) is 12.1 Å². The maximum atomic E-state index is 14.0. The van der Waals surface area contributed by atoms with E-state index in [0.717, 1.165) is 23.7 Å². The third-order valence-electron chi connectivity index (χ3n) is 7.55. The molecule has 0 spiro atoms. The average Bonchev–Trinajstić information content (AvgIpc) is 3.52. The summed E-state index contributed by atoms with van der Waals surface area (Å²) in [5, 5.41) is 6.18. The van der Waals surface area contributed by atoms with E-state index in [4.69, 9.17) is 21.0 Å². The number of nitrogens with zero attached hydrogens (tertiary/aromatic N) is 5. The van der Waals surface area contributed by atoms with Gasteiger partial charge in [0, 0.05) is 63.7 Å². The fraction of sp³-hybridized carbons (Fsp3) is 0.419. The number of aromatic nitrogens is 1. The van der Waals surface area contributed by atoms with Gasteiger partial charge in [0.1, 0.15) is 11.5 Å². The Labute approximate surface area is 261 Å². The molecule has 236 valence electrons. The molecule has 11 nitrogen and oxygen atoms in total. The predicted octanol–water partition coefficient (Wildman–Crippen LogP) is 4.28. The zero-order valence-corrected chi connectivity index (χ0v) is 25.9. The first kappa shape index (κ1) is 33.1. The number of benzene rings is 2. The Bertz CT molecular complexity index is 1400. The molecule has 2 heterocycles. The summed E-state index contributed by atoms with van der Waals surface area (Å²) in [7, 11) is 0. The number of halogens is 2. The van der Waals surface area contributed by atoms with Gasteiger partial charge in [0.2, 0.25) is 18.2 Å². The second-order valence-corrected chi connectivity index (χ2v) is 11.2. The summed E-state index contributed by atoms with van der Waals surface area (Å²) in [4.78, 5) is 48.0. The van der Waals surface area contributed by atoms with Crippen molar-refractivity contribution in [3.63, 3.8) is 0 Å². The van der Waals surface area contributed by atoms with Crippen molar-refractivity contribution >= 4 is 35.7 Å². The van der Waals surface area contributed by atoms with Gasteiger partial charge in [-0.05, 0) is 31.9 Å². The molecule has 3 aromatic rings. The second kappa shape index (κ2) is 15.8. The number of rotatable bonds is 14. The largest absolute Gasteiger partial charge is 0.340 e. The van der Waals surface area contributed by atoms with Gasteiger partial charge >= 0.3 is 0 Å². The summed E-state index contributed by atoms with van der Waals surface area (Å²) >= 11 is 6.13. The number of carbonyl (C=O) groups excluding carboxylic acids is 3. The molecule has 1 aliphatic heterocycles. The maximum Gasteiger partial charge on any atom is 0.258 e. The lowest BCUT2D eigenvalue weighted by Crippen LogP contribution is -2.52. The van der Waals surface area contributed by atoms with E-state index in [-0.39, 0.29) is 48.7 Å². The normalized spacial score (nSPS) is 14.5. The number of hydrazine groups is 1. The first-order valence-electron chi connectivity index (χ1n) is 14.6. The molecule has 4 rings (SSSR count). The minimum Gasteiger partial charge on any atom is -0.340 e. The number of hydroxylamine groups is 1. The highest BCUT2D eigenvalue weighted by molar-refractivity contribution is 6.31. The van der Waals surface area contributed by atoms with Crippen LogP contribution in [0.15, 0.2) is 59.1 Å². The zero-order chi connectivity index (χ0) is 31.6. The molecular weight excluding hydrogens is 591 g/mol. The SMILES string of the molecule is CC(=O)N(NCc1cccc(F)c1Cl)[C@@H](CCC(=O)N1CCN(C(C)C)CC1)CON(C=O)c1cc(-c2ccccc2)no1. The number of hydrogen-bond acceptors (Lipinski definition) is 8. The molecule has 0 saturated carbocycles. The molecule has 1 saturated heterocycles. The van der Waals surface area contributed by atoms with E-state index in [2.05, 4.69) is 29.3 Å². The van der Waals surface area contributed by atoms with Gasteiger partial charge in [-0.15, -0.1) is 0 Å². The Morgan fingerprint density at radius 2 is 1.86 bits per heavy atom. The van der Waals surface area contributed by atoms with Gasteiger partial charge in [0.05, 0.1) is 17.7 Å². The smallest absolute Gasteiger partial charge is 0.258 e. The van der Waals surface area contributed by atoms with E-state index in [1.807, 2.05) is 35.2 Å². The van der Waals surface area contributed by atoms with Gasteiger partial charge in [0.15, 0.2) is 0 Å². The molecule has 1 aromatic heterocycles. The van der Waals surface area contributed by atoms with E-state index >= 15 is 0 Å². The molecule has 1 atom stereocenters. The summed E-state index contributed by atoms with van der Waals surface area (Å²) in [5.41, 5.74) is 4.76. The van der Waals surface area contributed by atoms with Gasteiger partial charge in [-0.1, -0.05) is 59.2 Å². The predicted molar refractivity (Wildman–Crippen MR) is 164 cm³/mol. The van der Waals surface area contributed by atoms with E-state index in [0.29, 0.717) is 36.8 Å². The van der Waals surface area contributed by atoms with Gasteiger partial charge in [0.25, 0.3) is 5.88 Å². The van der Waals surface area contributed by atoms with Crippen LogP contribution in [-0.2, 0) is 25.8 Å². The van der Waals surface area contributed by atoms with Crippen LogP contribution < -0.4 is 10.5 Å². The summed E-state index contributed by atoms with van der Waals surface area (Å²) in [5.74, 6) is -0.935. The fourth-order valence-electron chi connectivity index (χ4n) is 5.00. The molecule has 1 N–H and O–H groups in total. The Hall–Kier alpha value is -3.84. The molecule has 0 unspecified atom stereocenters. The van der Waals surface area contributed by atoms with Crippen molar-refractivity contribution in [3.05, 3.63) is 71.0 Å².